The molecule has 1 rings (SSSR count). The maximum Gasteiger partial charge on any atom is 0.209 e. The molecule has 0 bridgehead atoms. The van der Waals surface area contributed by atoms with Crippen molar-refractivity contribution < 1.29 is 4.79 Å². The second-order valence-electron chi connectivity index (χ2n) is 5.35. The fraction of sp³-hybridized carbons (Fsp3) is 0.909. The van der Waals surface area contributed by atoms with Crippen LogP contribution in [0.4, 0.5) is 0 Å². The molecule has 1 aliphatic heterocycles. The van der Waals surface area contributed by atoms with Crippen molar-refractivity contribution in [3.05, 3.63) is 0 Å². The fourth-order valence-electron chi connectivity index (χ4n) is 2.13. The minimum absolute atomic E-state index is 0.439. The van der Waals surface area contributed by atoms with Crippen LogP contribution in [0.15, 0.2) is 0 Å². The van der Waals surface area contributed by atoms with Crippen molar-refractivity contribution in [1.29, 1.82) is 0 Å². The highest BCUT2D eigenvalue weighted by Crippen LogP contribution is 2.30. The molecule has 0 N–H and O–H groups in total. The topological polar surface area (TPSA) is 20.3 Å². The van der Waals surface area contributed by atoms with Crippen LogP contribution in [-0.2, 0) is 4.79 Å². The molecule has 1 amide bonds. The number of hydrogen-bond donors (Lipinski definition) is 0. The van der Waals surface area contributed by atoms with E-state index in [1.807, 2.05) is 4.90 Å². The number of carbonyl (C=O) groups excluding carboxylic acids is 1. The van der Waals surface area contributed by atoms with Gasteiger partial charge in [-0.05, 0) is 30.6 Å². The highest BCUT2D eigenvalue weighted by Gasteiger charge is 2.22. The van der Waals surface area contributed by atoms with E-state index in [0.717, 1.165) is 25.4 Å². The molecule has 0 aromatic carbocycles. The number of carbonyl (C=O) groups is 1. The van der Waals surface area contributed by atoms with Gasteiger partial charge in [-0.1, -0.05) is 20.8 Å². The molecular formula is C11H21NO. The summed E-state index contributed by atoms with van der Waals surface area (Å²) in [5, 5.41) is 0. The predicted octanol–water partition coefficient (Wildman–Crippen LogP) is 2.29. The van der Waals surface area contributed by atoms with Crippen molar-refractivity contribution >= 4 is 6.41 Å². The summed E-state index contributed by atoms with van der Waals surface area (Å²) in [6.45, 7) is 8.80. The molecule has 1 fully saturated rings. The van der Waals surface area contributed by atoms with Gasteiger partial charge >= 0.3 is 0 Å². The summed E-state index contributed by atoms with van der Waals surface area (Å²) in [5.41, 5.74) is 0.439. The third-order valence-corrected chi connectivity index (χ3v) is 2.70. The molecule has 0 atom stereocenters. The van der Waals surface area contributed by atoms with Gasteiger partial charge in [0.1, 0.15) is 0 Å². The van der Waals surface area contributed by atoms with Gasteiger partial charge in [0.2, 0.25) is 6.41 Å². The van der Waals surface area contributed by atoms with Gasteiger partial charge in [0, 0.05) is 13.1 Å². The third-order valence-electron chi connectivity index (χ3n) is 2.70. The van der Waals surface area contributed by atoms with Gasteiger partial charge in [-0.15, -0.1) is 0 Å². The molecule has 76 valence electrons. The minimum Gasteiger partial charge on any atom is -0.345 e. The van der Waals surface area contributed by atoms with E-state index in [2.05, 4.69) is 20.8 Å². The number of nitrogens with zero attached hydrogens (tertiary/aromatic N) is 1. The van der Waals surface area contributed by atoms with Gasteiger partial charge in [-0.25, -0.2) is 0 Å². The summed E-state index contributed by atoms with van der Waals surface area (Å²) >= 11 is 0. The Balaban J connectivity index is 2.29. The molecule has 0 spiro atoms. The Labute approximate surface area is 81.3 Å². The largest absolute Gasteiger partial charge is 0.345 e. The van der Waals surface area contributed by atoms with Crippen LogP contribution < -0.4 is 0 Å². The van der Waals surface area contributed by atoms with Gasteiger partial charge in [-0.3, -0.25) is 4.79 Å². The average Bonchev–Trinajstić information content (AvgIpc) is 2.03. The average molecular weight is 183 g/mol. The Morgan fingerprint density at radius 3 is 2.23 bits per heavy atom. The molecule has 0 saturated carbocycles. The molecule has 0 aromatic heterocycles. The standard InChI is InChI=1S/C11H21NO/c1-11(2,3)8-10-4-6-12(9-13)7-5-10/h9-10H,4-8H2,1-3H3. The number of rotatable bonds is 2. The fourth-order valence-corrected chi connectivity index (χ4v) is 2.13. The monoisotopic (exact) mass is 183 g/mol. The first-order chi connectivity index (χ1) is 6.01. The lowest BCUT2D eigenvalue weighted by molar-refractivity contribution is -0.119. The molecule has 2 heteroatoms. The van der Waals surface area contributed by atoms with Gasteiger partial charge in [0.05, 0.1) is 0 Å². The van der Waals surface area contributed by atoms with Crippen molar-refractivity contribution in [1.82, 2.24) is 4.90 Å². The van der Waals surface area contributed by atoms with Crippen LogP contribution in [-0.4, -0.2) is 24.4 Å². The zero-order valence-electron chi connectivity index (χ0n) is 9.05. The maximum absolute atomic E-state index is 10.5. The molecule has 0 aromatic rings. The van der Waals surface area contributed by atoms with Gasteiger partial charge in [0.25, 0.3) is 0 Å². The van der Waals surface area contributed by atoms with E-state index in [1.54, 1.807) is 0 Å². The van der Waals surface area contributed by atoms with E-state index >= 15 is 0 Å². The third kappa shape index (κ3) is 3.79. The lowest BCUT2D eigenvalue weighted by Gasteiger charge is -2.33. The molecule has 0 aliphatic carbocycles. The van der Waals surface area contributed by atoms with Crippen LogP contribution in [0.3, 0.4) is 0 Å². The first-order valence-corrected chi connectivity index (χ1v) is 5.20. The molecule has 0 unspecified atom stereocenters. The Hall–Kier alpha value is -0.530. The first-order valence-electron chi connectivity index (χ1n) is 5.20. The summed E-state index contributed by atoms with van der Waals surface area (Å²) in [4.78, 5) is 12.4. The van der Waals surface area contributed by atoms with Gasteiger partial charge in [0.15, 0.2) is 0 Å². The van der Waals surface area contributed by atoms with Crippen LogP contribution in [0, 0.1) is 11.3 Å². The Morgan fingerprint density at radius 1 is 1.31 bits per heavy atom. The maximum atomic E-state index is 10.5. The first kappa shape index (κ1) is 10.6. The van der Waals surface area contributed by atoms with E-state index in [0.29, 0.717) is 5.41 Å². The van der Waals surface area contributed by atoms with Crippen molar-refractivity contribution in [3.8, 4) is 0 Å². The molecule has 13 heavy (non-hydrogen) atoms. The quantitative estimate of drug-likeness (QED) is 0.601. The Kier molecular flexibility index (Phi) is 3.34. The Morgan fingerprint density at radius 2 is 1.85 bits per heavy atom. The number of hydrogen-bond acceptors (Lipinski definition) is 1. The lowest BCUT2D eigenvalue weighted by atomic mass is 9.80. The lowest BCUT2D eigenvalue weighted by Crippen LogP contribution is -2.33. The summed E-state index contributed by atoms with van der Waals surface area (Å²) in [5.74, 6) is 0.830. The second-order valence-corrected chi connectivity index (χ2v) is 5.35. The summed E-state index contributed by atoms with van der Waals surface area (Å²) in [6.07, 6.45) is 4.65. The van der Waals surface area contributed by atoms with E-state index in [4.69, 9.17) is 0 Å². The summed E-state index contributed by atoms with van der Waals surface area (Å²) in [7, 11) is 0. The summed E-state index contributed by atoms with van der Waals surface area (Å²) in [6, 6.07) is 0. The van der Waals surface area contributed by atoms with E-state index < -0.39 is 0 Å². The van der Waals surface area contributed by atoms with Crippen LogP contribution in [0.5, 0.6) is 0 Å². The zero-order chi connectivity index (χ0) is 9.90. The SMILES string of the molecule is CC(C)(C)CC1CCN(C=O)CC1. The van der Waals surface area contributed by atoms with E-state index in [1.165, 1.54) is 19.3 Å². The summed E-state index contributed by atoms with van der Waals surface area (Å²) < 4.78 is 0. The number of piperidine rings is 1. The van der Waals surface area contributed by atoms with Crippen LogP contribution in [0.1, 0.15) is 40.0 Å². The second kappa shape index (κ2) is 4.12. The molecule has 1 heterocycles. The Bertz CT molecular complexity index is 163. The van der Waals surface area contributed by atoms with Crippen molar-refractivity contribution in [2.75, 3.05) is 13.1 Å². The van der Waals surface area contributed by atoms with E-state index in [9.17, 15) is 4.79 Å². The van der Waals surface area contributed by atoms with Crippen LogP contribution in [0.2, 0.25) is 0 Å². The molecule has 2 nitrogen and oxygen atoms in total. The van der Waals surface area contributed by atoms with Crippen molar-refractivity contribution in [2.24, 2.45) is 11.3 Å². The number of amides is 1. The van der Waals surface area contributed by atoms with Crippen molar-refractivity contribution in [2.45, 2.75) is 40.0 Å². The van der Waals surface area contributed by atoms with Crippen LogP contribution >= 0.6 is 0 Å². The van der Waals surface area contributed by atoms with Gasteiger partial charge in [-0.2, -0.15) is 0 Å². The highest BCUT2D eigenvalue weighted by atomic mass is 16.1. The molecule has 1 saturated heterocycles. The molecule has 1 aliphatic rings. The zero-order valence-corrected chi connectivity index (χ0v) is 9.05. The molecular weight excluding hydrogens is 162 g/mol. The normalized spacial score (nSPS) is 20.4. The highest BCUT2D eigenvalue weighted by molar-refractivity contribution is 5.47. The van der Waals surface area contributed by atoms with Gasteiger partial charge < -0.3 is 4.90 Å². The van der Waals surface area contributed by atoms with Crippen LogP contribution in [0.25, 0.3) is 0 Å². The molecule has 0 radical (unpaired) electrons. The van der Waals surface area contributed by atoms with E-state index in [-0.39, 0.29) is 0 Å². The smallest absolute Gasteiger partial charge is 0.209 e. The predicted molar refractivity (Wildman–Crippen MR) is 54.4 cm³/mol. The number of likely N-dealkylation sites (tertiary alicyclic amines) is 1. The van der Waals surface area contributed by atoms with Crippen molar-refractivity contribution in [3.63, 3.8) is 0 Å². The minimum atomic E-state index is 0.439.